The molecule has 1 fully saturated rings. The van der Waals surface area contributed by atoms with Gasteiger partial charge in [-0.25, -0.2) is 0 Å². The first-order chi connectivity index (χ1) is 5.36. The fourth-order valence-electron chi connectivity index (χ4n) is 1.59. The molecule has 1 rings (SSSR count). The summed E-state index contributed by atoms with van der Waals surface area (Å²) in [6.45, 7) is 0.0694. The van der Waals surface area contributed by atoms with Crippen LogP contribution in [-0.4, -0.2) is 35.5 Å². The van der Waals surface area contributed by atoms with E-state index >= 15 is 0 Å². The molecular formula is C8H17NO2. The van der Waals surface area contributed by atoms with Gasteiger partial charge in [0.25, 0.3) is 0 Å². The lowest BCUT2D eigenvalue weighted by molar-refractivity contribution is 0.162. The van der Waals surface area contributed by atoms with Gasteiger partial charge in [0.05, 0.1) is 19.3 Å². The lowest BCUT2D eigenvalue weighted by Gasteiger charge is -2.18. The molecule has 0 saturated heterocycles. The van der Waals surface area contributed by atoms with E-state index < -0.39 is 0 Å². The standard InChI is InChI=1S/C8H17NO2/c10-5-8(6-11)9-7-3-1-2-4-7/h7-11H,1-6H2. The number of aliphatic hydroxyl groups excluding tert-OH is 2. The van der Waals surface area contributed by atoms with Gasteiger partial charge < -0.3 is 15.5 Å². The Labute approximate surface area is 67.4 Å². The molecule has 0 aromatic heterocycles. The summed E-state index contributed by atoms with van der Waals surface area (Å²) < 4.78 is 0. The van der Waals surface area contributed by atoms with Crippen LogP contribution >= 0.6 is 0 Å². The molecule has 0 spiro atoms. The highest BCUT2D eigenvalue weighted by Crippen LogP contribution is 2.17. The first kappa shape index (κ1) is 8.97. The summed E-state index contributed by atoms with van der Waals surface area (Å²) in [5.41, 5.74) is 0. The molecule has 0 atom stereocenters. The van der Waals surface area contributed by atoms with Gasteiger partial charge in [-0.2, -0.15) is 0 Å². The fourth-order valence-corrected chi connectivity index (χ4v) is 1.59. The smallest absolute Gasteiger partial charge is 0.0607 e. The second-order valence-electron chi connectivity index (χ2n) is 3.21. The van der Waals surface area contributed by atoms with Crippen molar-refractivity contribution in [3.8, 4) is 0 Å². The van der Waals surface area contributed by atoms with Gasteiger partial charge >= 0.3 is 0 Å². The average molecular weight is 159 g/mol. The van der Waals surface area contributed by atoms with Gasteiger partial charge in [0.1, 0.15) is 0 Å². The Kier molecular flexibility index (Phi) is 3.83. The minimum absolute atomic E-state index is 0.0347. The van der Waals surface area contributed by atoms with Gasteiger partial charge in [-0.3, -0.25) is 0 Å². The summed E-state index contributed by atoms with van der Waals surface area (Å²) in [4.78, 5) is 0. The predicted octanol–water partition coefficient (Wildman–Crippen LogP) is -0.128. The van der Waals surface area contributed by atoms with Gasteiger partial charge in [-0.15, -0.1) is 0 Å². The highest BCUT2D eigenvalue weighted by molar-refractivity contribution is 4.77. The first-order valence-corrected chi connectivity index (χ1v) is 4.34. The normalized spacial score (nSPS) is 19.9. The third-order valence-electron chi connectivity index (χ3n) is 2.27. The van der Waals surface area contributed by atoms with Crippen molar-refractivity contribution in [3.63, 3.8) is 0 Å². The Morgan fingerprint density at radius 3 is 2.18 bits per heavy atom. The van der Waals surface area contributed by atoms with Crippen molar-refractivity contribution < 1.29 is 10.2 Å². The molecule has 1 aliphatic carbocycles. The Hall–Kier alpha value is -0.120. The fraction of sp³-hybridized carbons (Fsp3) is 1.00. The lowest BCUT2D eigenvalue weighted by Crippen LogP contribution is -2.41. The zero-order chi connectivity index (χ0) is 8.10. The third-order valence-corrected chi connectivity index (χ3v) is 2.27. The van der Waals surface area contributed by atoms with Crippen LogP contribution in [-0.2, 0) is 0 Å². The van der Waals surface area contributed by atoms with Crippen LogP contribution in [0.3, 0.4) is 0 Å². The maximum Gasteiger partial charge on any atom is 0.0607 e. The molecular weight excluding hydrogens is 142 g/mol. The molecule has 0 radical (unpaired) electrons. The van der Waals surface area contributed by atoms with Crippen molar-refractivity contribution in [2.75, 3.05) is 13.2 Å². The van der Waals surface area contributed by atoms with E-state index in [1.807, 2.05) is 0 Å². The maximum atomic E-state index is 8.76. The van der Waals surface area contributed by atoms with Crippen LogP contribution in [0.15, 0.2) is 0 Å². The van der Waals surface area contributed by atoms with E-state index in [-0.39, 0.29) is 19.3 Å². The third kappa shape index (κ3) is 2.77. The molecule has 1 saturated carbocycles. The van der Waals surface area contributed by atoms with E-state index in [4.69, 9.17) is 10.2 Å². The zero-order valence-corrected chi connectivity index (χ0v) is 6.79. The topological polar surface area (TPSA) is 52.5 Å². The number of aliphatic hydroxyl groups is 2. The van der Waals surface area contributed by atoms with Crippen molar-refractivity contribution >= 4 is 0 Å². The molecule has 3 nitrogen and oxygen atoms in total. The summed E-state index contributed by atoms with van der Waals surface area (Å²) in [6.07, 6.45) is 4.94. The van der Waals surface area contributed by atoms with Crippen molar-refractivity contribution in [2.24, 2.45) is 0 Å². The van der Waals surface area contributed by atoms with Crippen molar-refractivity contribution in [1.82, 2.24) is 5.32 Å². The largest absolute Gasteiger partial charge is 0.395 e. The van der Waals surface area contributed by atoms with Crippen molar-refractivity contribution in [1.29, 1.82) is 0 Å². The summed E-state index contributed by atoms with van der Waals surface area (Å²) in [5, 5.41) is 20.7. The average Bonchev–Trinajstić information content (AvgIpc) is 2.52. The van der Waals surface area contributed by atoms with Crippen LogP contribution in [0.2, 0.25) is 0 Å². The molecule has 66 valence electrons. The van der Waals surface area contributed by atoms with Crippen molar-refractivity contribution in [2.45, 2.75) is 37.8 Å². The van der Waals surface area contributed by atoms with Crippen LogP contribution < -0.4 is 5.32 Å². The SMILES string of the molecule is OCC(CO)NC1CCCC1. The van der Waals surface area contributed by atoms with E-state index in [9.17, 15) is 0 Å². The Morgan fingerprint density at radius 1 is 1.18 bits per heavy atom. The lowest BCUT2D eigenvalue weighted by atomic mass is 10.2. The second-order valence-corrected chi connectivity index (χ2v) is 3.21. The van der Waals surface area contributed by atoms with E-state index in [1.54, 1.807) is 0 Å². The van der Waals surface area contributed by atoms with Gasteiger partial charge in [-0.1, -0.05) is 12.8 Å². The Bertz CT molecular complexity index is 98.3. The summed E-state index contributed by atoms with van der Waals surface area (Å²) in [7, 11) is 0. The van der Waals surface area contributed by atoms with Gasteiger partial charge in [0, 0.05) is 6.04 Å². The molecule has 3 N–H and O–H groups in total. The highest BCUT2D eigenvalue weighted by atomic mass is 16.3. The van der Waals surface area contributed by atoms with E-state index in [0.29, 0.717) is 6.04 Å². The minimum Gasteiger partial charge on any atom is -0.395 e. The molecule has 11 heavy (non-hydrogen) atoms. The van der Waals surface area contributed by atoms with Crippen LogP contribution in [0.4, 0.5) is 0 Å². The Balaban J connectivity index is 2.16. The Morgan fingerprint density at radius 2 is 1.73 bits per heavy atom. The molecule has 3 heteroatoms. The second kappa shape index (κ2) is 4.70. The van der Waals surface area contributed by atoms with Gasteiger partial charge in [0.15, 0.2) is 0 Å². The molecule has 0 bridgehead atoms. The van der Waals surface area contributed by atoms with E-state index in [0.717, 1.165) is 0 Å². The number of hydrogen-bond acceptors (Lipinski definition) is 3. The predicted molar refractivity (Wildman–Crippen MR) is 43.4 cm³/mol. The van der Waals surface area contributed by atoms with Crippen LogP contribution in [0.5, 0.6) is 0 Å². The number of hydrogen-bond donors (Lipinski definition) is 3. The van der Waals surface area contributed by atoms with Gasteiger partial charge in [-0.05, 0) is 12.8 Å². The first-order valence-electron chi connectivity index (χ1n) is 4.34. The molecule has 0 aliphatic heterocycles. The highest BCUT2D eigenvalue weighted by Gasteiger charge is 2.17. The summed E-state index contributed by atoms with van der Waals surface area (Å²) >= 11 is 0. The minimum atomic E-state index is -0.113. The quantitative estimate of drug-likeness (QED) is 0.535. The molecule has 0 aromatic rings. The summed E-state index contributed by atoms with van der Waals surface area (Å²) in [6, 6.07) is 0.414. The van der Waals surface area contributed by atoms with E-state index in [2.05, 4.69) is 5.32 Å². The zero-order valence-electron chi connectivity index (χ0n) is 6.79. The number of rotatable bonds is 4. The maximum absolute atomic E-state index is 8.76. The molecule has 0 unspecified atom stereocenters. The monoisotopic (exact) mass is 159 g/mol. The molecule has 1 aliphatic rings. The molecule has 0 aromatic carbocycles. The van der Waals surface area contributed by atoms with Crippen LogP contribution in [0.25, 0.3) is 0 Å². The van der Waals surface area contributed by atoms with Crippen LogP contribution in [0.1, 0.15) is 25.7 Å². The van der Waals surface area contributed by atoms with Gasteiger partial charge in [0.2, 0.25) is 0 Å². The van der Waals surface area contributed by atoms with E-state index in [1.165, 1.54) is 25.7 Å². The van der Waals surface area contributed by atoms with Crippen LogP contribution in [0, 0.1) is 0 Å². The number of nitrogens with one attached hydrogen (secondary N) is 1. The van der Waals surface area contributed by atoms with Crippen molar-refractivity contribution in [3.05, 3.63) is 0 Å². The molecule has 0 amide bonds. The molecule has 0 heterocycles. The summed E-state index contributed by atoms with van der Waals surface area (Å²) in [5.74, 6) is 0.